The molecule has 0 spiro atoms. The number of rotatable bonds is 0. The van der Waals surface area contributed by atoms with E-state index in [0.717, 1.165) is 0 Å². The minimum Gasteiger partial charge on any atom is -0.264 e. The fraction of sp³-hybridized carbons (Fsp3) is 0. The molecule has 16 heavy (non-hydrogen) atoms. The van der Waals surface area contributed by atoms with Crippen LogP contribution in [0, 0.1) is 0 Å². The Morgan fingerprint density at radius 3 is 0.438 bits per heavy atom. The Labute approximate surface area is 105 Å². The Morgan fingerprint density at radius 1 is 0.438 bits per heavy atom. The SMILES string of the molecule is O=S(=O)(O)O.O=S(=O)(O)O.O=S(=O)(O)O.[Mo]. The molecule has 0 aliphatic heterocycles. The van der Waals surface area contributed by atoms with Gasteiger partial charge in [-0.25, -0.2) is 0 Å². The topological polar surface area (TPSA) is 224 Å². The molecule has 0 fully saturated rings. The van der Waals surface area contributed by atoms with Gasteiger partial charge in [-0.15, -0.1) is 0 Å². The predicted octanol–water partition coefficient (Wildman–Crippen LogP) is -1.96. The van der Waals surface area contributed by atoms with E-state index < -0.39 is 31.2 Å². The van der Waals surface area contributed by atoms with Crippen LogP contribution in [0.1, 0.15) is 0 Å². The van der Waals surface area contributed by atoms with Gasteiger partial charge in [0.2, 0.25) is 0 Å². The largest absolute Gasteiger partial charge is 0.394 e. The smallest absolute Gasteiger partial charge is 0.264 e. The zero-order chi connectivity index (χ0) is 13.5. The van der Waals surface area contributed by atoms with Crippen molar-refractivity contribution in [3.05, 3.63) is 0 Å². The van der Waals surface area contributed by atoms with Crippen molar-refractivity contribution in [1.29, 1.82) is 0 Å². The second-order valence-electron chi connectivity index (χ2n) is 1.34. The van der Waals surface area contributed by atoms with Gasteiger partial charge < -0.3 is 0 Å². The molecule has 0 saturated carbocycles. The van der Waals surface area contributed by atoms with Gasteiger partial charge in [0.15, 0.2) is 0 Å². The summed E-state index contributed by atoms with van der Waals surface area (Å²) < 4.78 is 94.8. The maximum Gasteiger partial charge on any atom is 0.394 e. The van der Waals surface area contributed by atoms with Gasteiger partial charge in [0, 0.05) is 21.1 Å². The molecule has 0 aliphatic rings. The molecule has 0 radical (unpaired) electrons. The van der Waals surface area contributed by atoms with Crippen LogP contribution in [-0.4, -0.2) is 52.6 Å². The van der Waals surface area contributed by atoms with E-state index in [1.807, 2.05) is 0 Å². The van der Waals surface area contributed by atoms with Crippen LogP contribution in [0.3, 0.4) is 0 Å². The molecule has 12 nitrogen and oxygen atoms in total. The van der Waals surface area contributed by atoms with Crippen molar-refractivity contribution in [2.24, 2.45) is 0 Å². The molecule has 0 heterocycles. The molecule has 0 atom stereocenters. The van der Waals surface area contributed by atoms with Gasteiger partial charge in [0.05, 0.1) is 0 Å². The van der Waals surface area contributed by atoms with Crippen LogP contribution in [0.25, 0.3) is 0 Å². The monoisotopic (exact) mass is 392 g/mol. The maximum atomic E-state index is 8.74. The minimum atomic E-state index is -4.67. The molecule has 6 N–H and O–H groups in total. The van der Waals surface area contributed by atoms with E-state index in [-0.39, 0.29) is 21.1 Å². The molecule has 0 bridgehead atoms. The van der Waals surface area contributed by atoms with Crippen LogP contribution in [0.5, 0.6) is 0 Å². The second-order valence-corrected chi connectivity index (χ2v) is 4.03. The summed E-state index contributed by atoms with van der Waals surface area (Å²) in [6, 6.07) is 0. The van der Waals surface area contributed by atoms with Crippen molar-refractivity contribution in [1.82, 2.24) is 0 Å². The standard InChI is InChI=1S/Mo.3H2O4S/c;3*1-5(2,3)4/h;3*(H2,1,2,3,4). The van der Waals surface area contributed by atoms with E-state index in [1.54, 1.807) is 0 Å². The van der Waals surface area contributed by atoms with Crippen molar-refractivity contribution in [2.45, 2.75) is 0 Å². The molecule has 0 amide bonds. The quantitative estimate of drug-likeness (QED) is 0.196. The molecule has 16 heteroatoms. The minimum absolute atomic E-state index is 0. The van der Waals surface area contributed by atoms with Gasteiger partial charge >= 0.3 is 31.2 Å². The van der Waals surface area contributed by atoms with E-state index >= 15 is 0 Å². The fourth-order valence-electron chi connectivity index (χ4n) is 0. The average molecular weight is 390 g/mol. The first-order valence-electron chi connectivity index (χ1n) is 2.10. The van der Waals surface area contributed by atoms with Crippen molar-refractivity contribution in [2.75, 3.05) is 0 Å². The van der Waals surface area contributed by atoms with E-state index in [1.165, 1.54) is 0 Å². The molecular weight excluding hydrogens is 384 g/mol. The first kappa shape index (κ1) is 25.2. The Balaban J connectivity index is -0.0000000655. The maximum absolute atomic E-state index is 8.74. The first-order chi connectivity index (χ1) is 6.00. The van der Waals surface area contributed by atoms with E-state index in [0.29, 0.717) is 0 Å². The van der Waals surface area contributed by atoms with E-state index in [4.69, 9.17) is 52.6 Å². The Morgan fingerprint density at radius 2 is 0.438 bits per heavy atom. The van der Waals surface area contributed by atoms with Gasteiger partial charge in [-0.1, -0.05) is 0 Å². The molecule has 0 unspecified atom stereocenters. The second kappa shape index (κ2) is 9.34. The third-order valence-corrected chi connectivity index (χ3v) is 0. The zero-order valence-electron chi connectivity index (χ0n) is 6.77. The molecule has 0 aromatic carbocycles. The van der Waals surface area contributed by atoms with Crippen molar-refractivity contribution in [3.8, 4) is 0 Å². The summed E-state index contributed by atoms with van der Waals surface area (Å²) in [5, 5.41) is 0. The normalized spacial score (nSPS) is 10.9. The van der Waals surface area contributed by atoms with Gasteiger partial charge in [-0.2, -0.15) is 25.3 Å². The molecule has 0 rings (SSSR count). The Kier molecular flexibility index (Phi) is 14.7. The Hall–Kier alpha value is 0.298. The van der Waals surface area contributed by atoms with E-state index in [2.05, 4.69) is 0 Å². The van der Waals surface area contributed by atoms with Gasteiger partial charge in [0.1, 0.15) is 0 Å². The molecule has 0 aromatic rings. The molecule has 102 valence electrons. The Bertz CT molecular complexity index is 337. The summed E-state index contributed by atoms with van der Waals surface area (Å²) in [4.78, 5) is 0. The third kappa shape index (κ3) is 28400. The van der Waals surface area contributed by atoms with Crippen molar-refractivity contribution < 1.29 is 73.6 Å². The summed E-state index contributed by atoms with van der Waals surface area (Å²) >= 11 is 0. The van der Waals surface area contributed by atoms with Crippen LogP contribution < -0.4 is 0 Å². The predicted molar refractivity (Wildman–Crippen MR) is 42.5 cm³/mol. The molecule has 0 aliphatic carbocycles. The van der Waals surface area contributed by atoms with Gasteiger partial charge in [-0.3, -0.25) is 27.3 Å². The van der Waals surface area contributed by atoms with Gasteiger partial charge in [-0.05, 0) is 0 Å². The third-order valence-electron chi connectivity index (χ3n) is 0. The van der Waals surface area contributed by atoms with Crippen LogP contribution in [0.2, 0.25) is 0 Å². The molecular formula is H6MoO12S3. The number of hydrogen-bond donors (Lipinski definition) is 6. The average Bonchev–Trinajstić information content (AvgIpc) is 1.41. The molecule has 0 saturated heterocycles. The van der Waals surface area contributed by atoms with Crippen LogP contribution in [0.4, 0.5) is 0 Å². The first-order valence-corrected chi connectivity index (χ1v) is 6.29. The summed E-state index contributed by atoms with van der Waals surface area (Å²) in [5.41, 5.74) is 0. The number of hydrogen-bond acceptors (Lipinski definition) is 6. The fourth-order valence-corrected chi connectivity index (χ4v) is 0. The zero-order valence-corrected chi connectivity index (χ0v) is 11.2. The van der Waals surface area contributed by atoms with Crippen LogP contribution in [0.15, 0.2) is 0 Å². The van der Waals surface area contributed by atoms with E-state index in [9.17, 15) is 0 Å². The van der Waals surface area contributed by atoms with Crippen LogP contribution >= 0.6 is 0 Å². The van der Waals surface area contributed by atoms with Crippen molar-refractivity contribution in [3.63, 3.8) is 0 Å². The summed E-state index contributed by atoms with van der Waals surface area (Å²) in [6.07, 6.45) is 0. The summed E-state index contributed by atoms with van der Waals surface area (Å²) in [6.45, 7) is 0. The van der Waals surface area contributed by atoms with Crippen LogP contribution in [-0.2, 0) is 52.3 Å². The van der Waals surface area contributed by atoms with Crippen molar-refractivity contribution >= 4 is 31.2 Å². The summed E-state index contributed by atoms with van der Waals surface area (Å²) in [5.74, 6) is 0. The van der Waals surface area contributed by atoms with Gasteiger partial charge in [0.25, 0.3) is 0 Å². The molecule has 0 aromatic heterocycles. The summed E-state index contributed by atoms with van der Waals surface area (Å²) in [7, 11) is -14.0.